The van der Waals surface area contributed by atoms with Crippen molar-refractivity contribution in [2.75, 3.05) is 0 Å². The topological polar surface area (TPSA) is 0 Å². The zero-order valence-electron chi connectivity index (χ0n) is 7.38. The van der Waals surface area contributed by atoms with E-state index in [0.717, 1.165) is 19.3 Å². The van der Waals surface area contributed by atoms with Crippen LogP contribution in [0.4, 0.5) is 13.2 Å². The fraction of sp³-hybridized carbons (Fsp3) is 1.00. The minimum absolute atomic E-state index is 0.402. The second-order valence-corrected chi connectivity index (χ2v) is 5.75. The molecule has 0 unspecified atom stereocenters. The van der Waals surface area contributed by atoms with E-state index in [2.05, 4.69) is 0 Å². The first-order valence-corrected chi connectivity index (χ1v) is 6.71. The van der Waals surface area contributed by atoms with Crippen molar-refractivity contribution in [2.45, 2.75) is 49.9 Å². The van der Waals surface area contributed by atoms with Crippen LogP contribution in [0.3, 0.4) is 0 Å². The first-order valence-electron chi connectivity index (χ1n) is 4.58. The molecule has 0 N–H and O–H groups in total. The van der Waals surface area contributed by atoms with Gasteiger partial charge in [0.05, 0.1) is 5.04 Å². The summed E-state index contributed by atoms with van der Waals surface area (Å²) in [4.78, 5) is 0. The zero-order valence-corrected chi connectivity index (χ0v) is 8.79. The van der Waals surface area contributed by atoms with Gasteiger partial charge < -0.3 is 0 Å². The molecule has 0 aromatic carbocycles. The molecule has 0 aliphatic heterocycles. The fourth-order valence-electron chi connectivity index (χ4n) is 2.07. The molecule has 1 saturated carbocycles. The zero-order chi connectivity index (χ0) is 9.24. The van der Waals surface area contributed by atoms with E-state index < -0.39 is 20.7 Å². The minimum atomic E-state index is -3.92. The van der Waals surface area contributed by atoms with Crippen molar-refractivity contribution >= 4 is 9.52 Å². The third kappa shape index (κ3) is 1.68. The molecule has 0 atom stereocenters. The lowest BCUT2D eigenvalue weighted by atomic mass is 9.87. The Morgan fingerprint density at radius 1 is 1.08 bits per heavy atom. The lowest BCUT2D eigenvalue weighted by Gasteiger charge is -2.37. The smallest absolute Gasteiger partial charge is 0.171 e. The Balaban J connectivity index is 2.73. The summed E-state index contributed by atoms with van der Waals surface area (Å²) < 4.78 is 37.9. The molecular formula is C8H15F3Si. The summed E-state index contributed by atoms with van der Waals surface area (Å²) in [5, 5.41) is -1.20. The summed E-state index contributed by atoms with van der Waals surface area (Å²) in [5.41, 5.74) is 0. The maximum absolute atomic E-state index is 12.6. The number of alkyl halides is 3. The molecule has 0 aromatic rings. The molecule has 0 saturated heterocycles. The molecule has 1 fully saturated rings. The Morgan fingerprint density at radius 2 is 1.58 bits per heavy atom. The van der Waals surface area contributed by atoms with Crippen LogP contribution in [0.25, 0.3) is 0 Å². The van der Waals surface area contributed by atoms with Crippen LogP contribution >= 0.6 is 0 Å². The van der Waals surface area contributed by atoms with Crippen molar-refractivity contribution in [1.29, 1.82) is 0 Å². The molecule has 1 rings (SSSR count). The van der Waals surface area contributed by atoms with Gasteiger partial charge in [-0.05, 0) is 12.8 Å². The largest absolute Gasteiger partial charge is 0.391 e. The molecule has 4 heteroatoms. The second-order valence-electron chi connectivity index (χ2n) is 3.69. The Hall–Kier alpha value is 0.00688. The van der Waals surface area contributed by atoms with Crippen LogP contribution in [0, 0.1) is 0 Å². The summed E-state index contributed by atoms with van der Waals surface area (Å²) >= 11 is 0. The van der Waals surface area contributed by atoms with Gasteiger partial charge in [-0.25, -0.2) is 0 Å². The molecule has 0 bridgehead atoms. The van der Waals surface area contributed by atoms with Crippen molar-refractivity contribution in [3.05, 3.63) is 0 Å². The van der Waals surface area contributed by atoms with Crippen molar-refractivity contribution in [2.24, 2.45) is 0 Å². The highest BCUT2D eigenvalue weighted by atomic mass is 28.2. The SMILES string of the molecule is C[SiH2]C1(C(F)(F)F)CCCCC1. The third-order valence-electron chi connectivity index (χ3n) is 3.09. The van der Waals surface area contributed by atoms with E-state index in [-0.39, 0.29) is 0 Å². The van der Waals surface area contributed by atoms with E-state index in [9.17, 15) is 13.2 Å². The highest BCUT2D eigenvalue weighted by Gasteiger charge is 2.52. The minimum Gasteiger partial charge on any atom is -0.171 e. The summed E-state index contributed by atoms with van der Waals surface area (Å²) in [6, 6.07) is 0. The van der Waals surface area contributed by atoms with Gasteiger partial charge in [0.25, 0.3) is 0 Å². The molecule has 0 amide bonds. The van der Waals surface area contributed by atoms with Gasteiger partial charge in [0, 0.05) is 9.52 Å². The van der Waals surface area contributed by atoms with Crippen LogP contribution in [-0.4, -0.2) is 15.7 Å². The summed E-state index contributed by atoms with van der Waals surface area (Å²) in [6.07, 6.45) is -0.570. The molecule has 0 nitrogen and oxygen atoms in total. The Morgan fingerprint density at radius 3 is 1.83 bits per heavy atom. The molecule has 12 heavy (non-hydrogen) atoms. The monoisotopic (exact) mass is 196 g/mol. The summed E-state index contributed by atoms with van der Waals surface area (Å²) in [7, 11) is -0.968. The van der Waals surface area contributed by atoms with Crippen LogP contribution in [0.15, 0.2) is 0 Å². The summed E-state index contributed by atoms with van der Waals surface area (Å²) in [6.45, 7) is 1.79. The van der Waals surface area contributed by atoms with Gasteiger partial charge in [-0.1, -0.05) is 25.8 Å². The van der Waals surface area contributed by atoms with Crippen molar-refractivity contribution in [3.63, 3.8) is 0 Å². The van der Waals surface area contributed by atoms with E-state index in [1.165, 1.54) is 0 Å². The van der Waals surface area contributed by atoms with E-state index >= 15 is 0 Å². The number of hydrogen-bond donors (Lipinski definition) is 0. The average molecular weight is 196 g/mol. The van der Waals surface area contributed by atoms with Crippen LogP contribution in [0.5, 0.6) is 0 Å². The lowest BCUT2D eigenvalue weighted by molar-refractivity contribution is -0.173. The normalized spacial score (nSPS) is 25.0. The molecule has 72 valence electrons. The Bertz CT molecular complexity index is 147. The van der Waals surface area contributed by atoms with Gasteiger partial charge in [-0.2, -0.15) is 13.2 Å². The second kappa shape index (κ2) is 3.40. The van der Waals surface area contributed by atoms with Gasteiger partial charge >= 0.3 is 6.18 Å². The summed E-state index contributed by atoms with van der Waals surface area (Å²) in [5.74, 6) is 0. The third-order valence-corrected chi connectivity index (χ3v) is 5.55. The molecule has 0 radical (unpaired) electrons. The molecule has 0 aromatic heterocycles. The Kier molecular flexibility index (Phi) is 2.86. The maximum atomic E-state index is 12.6. The van der Waals surface area contributed by atoms with E-state index in [4.69, 9.17) is 0 Å². The predicted molar refractivity (Wildman–Crippen MR) is 46.2 cm³/mol. The lowest BCUT2D eigenvalue weighted by Crippen LogP contribution is -2.37. The predicted octanol–water partition coefficient (Wildman–Crippen LogP) is 2.89. The number of rotatable bonds is 1. The first kappa shape index (κ1) is 10.1. The molecule has 1 aliphatic rings. The Labute approximate surface area is 73.4 Å². The van der Waals surface area contributed by atoms with Gasteiger partial charge in [0.1, 0.15) is 0 Å². The van der Waals surface area contributed by atoms with Crippen LogP contribution in [0.1, 0.15) is 32.1 Å². The fourth-order valence-corrected chi connectivity index (χ4v) is 3.67. The highest BCUT2D eigenvalue weighted by molar-refractivity contribution is 6.38. The first-order chi connectivity index (χ1) is 5.52. The standard InChI is InChI=1S/C8H15F3Si/c1-12-7(8(9,10)11)5-3-2-4-6-7/h2-6,12H2,1H3. The van der Waals surface area contributed by atoms with Gasteiger partial charge in [0.15, 0.2) is 0 Å². The van der Waals surface area contributed by atoms with Crippen LogP contribution in [-0.2, 0) is 0 Å². The number of hydrogen-bond acceptors (Lipinski definition) is 0. The van der Waals surface area contributed by atoms with Crippen LogP contribution in [0.2, 0.25) is 11.6 Å². The van der Waals surface area contributed by atoms with E-state index in [1.807, 2.05) is 0 Å². The van der Waals surface area contributed by atoms with Crippen molar-refractivity contribution < 1.29 is 13.2 Å². The van der Waals surface area contributed by atoms with Crippen molar-refractivity contribution in [1.82, 2.24) is 0 Å². The van der Waals surface area contributed by atoms with E-state index in [0.29, 0.717) is 12.8 Å². The van der Waals surface area contributed by atoms with Crippen molar-refractivity contribution in [3.8, 4) is 0 Å². The average Bonchev–Trinajstić information content (AvgIpc) is 2.04. The molecule has 0 spiro atoms. The highest BCUT2D eigenvalue weighted by Crippen LogP contribution is 2.54. The maximum Gasteiger partial charge on any atom is 0.391 e. The number of halogens is 3. The molecular weight excluding hydrogens is 181 g/mol. The van der Waals surface area contributed by atoms with Crippen LogP contribution < -0.4 is 0 Å². The quantitative estimate of drug-likeness (QED) is 0.566. The molecule has 1 aliphatic carbocycles. The molecule has 0 heterocycles. The van der Waals surface area contributed by atoms with E-state index in [1.54, 1.807) is 6.55 Å². The van der Waals surface area contributed by atoms with Gasteiger partial charge in [-0.3, -0.25) is 0 Å². The van der Waals surface area contributed by atoms with Gasteiger partial charge in [-0.15, -0.1) is 0 Å². The van der Waals surface area contributed by atoms with Gasteiger partial charge in [0.2, 0.25) is 0 Å².